The molecule has 158 valence electrons. The molecule has 0 saturated heterocycles. The van der Waals surface area contributed by atoms with Gasteiger partial charge in [0.15, 0.2) is 5.11 Å². The highest BCUT2D eigenvalue weighted by Crippen LogP contribution is 2.24. The van der Waals surface area contributed by atoms with E-state index in [1.807, 2.05) is 13.8 Å². The molecule has 0 saturated carbocycles. The highest BCUT2D eigenvalue weighted by Gasteiger charge is 2.17. The van der Waals surface area contributed by atoms with Crippen LogP contribution in [0.1, 0.15) is 34.6 Å². The summed E-state index contributed by atoms with van der Waals surface area (Å²) in [6, 6.07) is 12.1. The average molecular weight is 490 g/mol. The maximum atomic E-state index is 12.8. The molecule has 6 nitrogen and oxygen atoms in total. The van der Waals surface area contributed by atoms with E-state index in [1.54, 1.807) is 48.5 Å². The van der Waals surface area contributed by atoms with Gasteiger partial charge in [0.1, 0.15) is 5.75 Å². The fourth-order valence-corrected chi connectivity index (χ4v) is 3.00. The Balaban J connectivity index is 2.13. The summed E-state index contributed by atoms with van der Waals surface area (Å²) in [4.78, 5) is 25.1. The van der Waals surface area contributed by atoms with Crippen LogP contribution in [0, 0.1) is 5.92 Å². The van der Waals surface area contributed by atoms with Crippen molar-refractivity contribution in [3.05, 3.63) is 70.7 Å². The number of para-hydroxylation sites is 1. The topological polar surface area (TPSA) is 79.5 Å². The van der Waals surface area contributed by atoms with E-state index in [1.165, 1.54) is 0 Å². The van der Waals surface area contributed by atoms with Gasteiger partial charge < -0.3 is 15.4 Å². The standard InChI is InChI=1S/C22H24BrN3O3S/c1-4-11-24-20(27)16-7-5-6-8-18(16)25-22(30)26-21(28)17-12-15(23)9-10-19(17)29-13-14(2)3/h4-10,12,14H,1,11,13H2,2-3H3,(H,24,27)(H2,25,26,28,30). The van der Waals surface area contributed by atoms with E-state index in [4.69, 9.17) is 17.0 Å². The summed E-state index contributed by atoms with van der Waals surface area (Å²) in [5.74, 6) is 0.0945. The van der Waals surface area contributed by atoms with Crippen LogP contribution in [-0.2, 0) is 0 Å². The van der Waals surface area contributed by atoms with Crippen molar-refractivity contribution in [1.82, 2.24) is 10.6 Å². The van der Waals surface area contributed by atoms with E-state index in [9.17, 15) is 9.59 Å². The minimum Gasteiger partial charge on any atom is -0.492 e. The highest BCUT2D eigenvalue weighted by atomic mass is 79.9. The van der Waals surface area contributed by atoms with Crippen molar-refractivity contribution in [3.8, 4) is 5.75 Å². The Kier molecular flexibility index (Phi) is 9.01. The van der Waals surface area contributed by atoms with Crippen LogP contribution >= 0.6 is 28.1 Å². The molecule has 2 rings (SSSR count). The number of rotatable bonds is 8. The summed E-state index contributed by atoms with van der Waals surface area (Å²) in [6.45, 7) is 8.47. The first-order valence-corrected chi connectivity index (χ1v) is 10.5. The number of nitrogens with one attached hydrogen (secondary N) is 3. The molecule has 0 aliphatic heterocycles. The van der Waals surface area contributed by atoms with Crippen molar-refractivity contribution in [2.75, 3.05) is 18.5 Å². The second-order valence-electron chi connectivity index (χ2n) is 6.80. The normalized spacial score (nSPS) is 10.3. The third-order valence-electron chi connectivity index (χ3n) is 3.81. The van der Waals surface area contributed by atoms with Gasteiger partial charge in [-0.05, 0) is 48.5 Å². The fraction of sp³-hybridized carbons (Fsp3) is 0.227. The van der Waals surface area contributed by atoms with Crippen LogP contribution in [0.25, 0.3) is 0 Å². The largest absolute Gasteiger partial charge is 0.492 e. The van der Waals surface area contributed by atoms with Crippen LogP contribution in [-0.4, -0.2) is 30.1 Å². The molecular formula is C22H24BrN3O3S. The molecule has 2 aromatic rings. The summed E-state index contributed by atoms with van der Waals surface area (Å²) < 4.78 is 6.50. The minimum atomic E-state index is -0.416. The smallest absolute Gasteiger partial charge is 0.261 e. The summed E-state index contributed by atoms with van der Waals surface area (Å²) in [5.41, 5.74) is 1.24. The lowest BCUT2D eigenvalue weighted by molar-refractivity contribution is 0.0955. The van der Waals surface area contributed by atoms with Gasteiger partial charge in [0.2, 0.25) is 0 Å². The SMILES string of the molecule is C=CCNC(=O)c1ccccc1NC(=S)NC(=O)c1cc(Br)ccc1OCC(C)C. The van der Waals surface area contributed by atoms with Gasteiger partial charge in [0.25, 0.3) is 11.8 Å². The Bertz CT molecular complexity index is 947. The second-order valence-corrected chi connectivity index (χ2v) is 8.12. The molecular weight excluding hydrogens is 466 g/mol. The molecule has 0 aromatic heterocycles. The Morgan fingerprint density at radius 1 is 1.17 bits per heavy atom. The maximum Gasteiger partial charge on any atom is 0.261 e. The van der Waals surface area contributed by atoms with Crippen molar-refractivity contribution in [2.45, 2.75) is 13.8 Å². The summed E-state index contributed by atoms with van der Waals surface area (Å²) in [5, 5.41) is 8.34. The zero-order valence-electron chi connectivity index (χ0n) is 16.8. The van der Waals surface area contributed by atoms with Gasteiger partial charge in [0, 0.05) is 11.0 Å². The van der Waals surface area contributed by atoms with E-state index >= 15 is 0 Å². The van der Waals surface area contributed by atoms with Crippen LogP contribution in [0.15, 0.2) is 59.6 Å². The van der Waals surface area contributed by atoms with Gasteiger partial charge in [-0.2, -0.15) is 0 Å². The van der Waals surface area contributed by atoms with Crippen molar-refractivity contribution >= 4 is 50.8 Å². The number of anilines is 1. The number of carbonyl (C=O) groups excluding carboxylic acids is 2. The number of halogens is 1. The summed E-state index contributed by atoms with van der Waals surface area (Å²) in [6.07, 6.45) is 1.59. The van der Waals surface area contributed by atoms with Crippen molar-refractivity contribution in [2.24, 2.45) is 5.92 Å². The van der Waals surface area contributed by atoms with E-state index in [0.717, 1.165) is 4.47 Å². The monoisotopic (exact) mass is 489 g/mol. The van der Waals surface area contributed by atoms with Crippen molar-refractivity contribution in [3.63, 3.8) is 0 Å². The molecule has 0 aliphatic rings. The third-order valence-corrected chi connectivity index (χ3v) is 4.51. The Labute approximate surface area is 190 Å². The number of hydrogen-bond acceptors (Lipinski definition) is 4. The van der Waals surface area contributed by atoms with Gasteiger partial charge in [-0.1, -0.05) is 48.0 Å². The molecule has 2 amide bonds. The number of hydrogen-bond donors (Lipinski definition) is 3. The average Bonchev–Trinajstić information content (AvgIpc) is 2.71. The molecule has 0 radical (unpaired) electrons. The Morgan fingerprint density at radius 3 is 2.60 bits per heavy atom. The van der Waals surface area contributed by atoms with Gasteiger partial charge in [-0.15, -0.1) is 6.58 Å². The number of benzene rings is 2. The van der Waals surface area contributed by atoms with Crippen LogP contribution in [0.5, 0.6) is 5.75 Å². The number of ether oxygens (including phenoxy) is 1. The number of thiocarbonyl (C=S) groups is 1. The molecule has 30 heavy (non-hydrogen) atoms. The summed E-state index contributed by atoms with van der Waals surface area (Å²) in [7, 11) is 0. The van der Waals surface area contributed by atoms with Gasteiger partial charge in [0.05, 0.1) is 23.4 Å². The Hall–Kier alpha value is -2.71. The van der Waals surface area contributed by atoms with E-state index < -0.39 is 5.91 Å². The lowest BCUT2D eigenvalue weighted by Crippen LogP contribution is -2.35. The highest BCUT2D eigenvalue weighted by molar-refractivity contribution is 9.10. The predicted octanol–water partition coefficient (Wildman–Crippen LogP) is 4.53. The van der Waals surface area contributed by atoms with Crippen molar-refractivity contribution < 1.29 is 14.3 Å². The molecule has 0 bridgehead atoms. The molecule has 0 aliphatic carbocycles. The minimum absolute atomic E-state index is 0.0683. The third kappa shape index (κ3) is 6.96. The summed E-state index contributed by atoms with van der Waals surface area (Å²) >= 11 is 8.66. The van der Waals surface area contributed by atoms with E-state index in [-0.39, 0.29) is 11.0 Å². The maximum absolute atomic E-state index is 12.8. The first-order valence-electron chi connectivity index (χ1n) is 9.34. The molecule has 3 N–H and O–H groups in total. The van der Waals surface area contributed by atoms with Gasteiger partial charge in [-0.25, -0.2) is 0 Å². The van der Waals surface area contributed by atoms with Gasteiger partial charge >= 0.3 is 0 Å². The molecule has 2 aromatic carbocycles. The van der Waals surface area contributed by atoms with E-state index in [2.05, 4.69) is 38.5 Å². The lowest BCUT2D eigenvalue weighted by atomic mass is 10.1. The molecule has 0 atom stereocenters. The van der Waals surface area contributed by atoms with Crippen LogP contribution in [0.3, 0.4) is 0 Å². The fourth-order valence-electron chi connectivity index (χ4n) is 2.44. The predicted molar refractivity (Wildman–Crippen MR) is 127 cm³/mol. The quantitative estimate of drug-likeness (QED) is 0.375. The van der Waals surface area contributed by atoms with Crippen LogP contribution < -0.4 is 20.7 Å². The lowest BCUT2D eigenvalue weighted by Gasteiger charge is -2.15. The number of amides is 2. The van der Waals surface area contributed by atoms with Crippen LogP contribution in [0.4, 0.5) is 5.69 Å². The molecule has 0 heterocycles. The molecule has 8 heteroatoms. The number of carbonyl (C=O) groups is 2. The first kappa shape index (κ1) is 23.6. The molecule has 0 unspecified atom stereocenters. The zero-order valence-corrected chi connectivity index (χ0v) is 19.2. The van der Waals surface area contributed by atoms with Crippen LogP contribution in [0.2, 0.25) is 0 Å². The first-order chi connectivity index (χ1) is 14.3. The molecule has 0 spiro atoms. The van der Waals surface area contributed by atoms with Gasteiger partial charge in [-0.3, -0.25) is 14.9 Å². The molecule has 0 fully saturated rings. The zero-order chi connectivity index (χ0) is 22.1. The Morgan fingerprint density at radius 2 is 1.90 bits per heavy atom. The second kappa shape index (κ2) is 11.5. The van der Waals surface area contributed by atoms with Crippen molar-refractivity contribution in [1.29, 1.82) is 0 Å². The van der Waals surface area contributed by atoms with E-state index in [0.29, 0.717) is 41.6 Å².